The molecule has 0 spiro atoms. The van der Waals surface area contributed by atoms with Crippen molar-refractivity contribution in [3.8, 4) is 0 Å². The highest BCUT2D eigenvalue weighted by Crippen LogP contribution is 2.27. The van der Waals surface area contributed by atoms with Gasteiger partial charge in [-0.15, -0.1) is 0 Å². The van der Waals surface area contributed by atoms with Crippen molar-refractivity contribution in [1.82, 2.24) is 9.80 Å². The fourth-order valence-electron chi connectivity index (χ4n) is 4.14. The van der Waals surface area contributed by atoms with Crippen LogP contribution in [0.2, 0.25) is 0 Å². The molecule has 0 radical (unpaired) electrons. The lowest BCUT2D eigenvalue weighted by atomic mass is 10.1. The van der Waals surface area contributed by atoms with Gasteiger partial charge in [0.1, 0.15) is 6.04 Å². The maximum atomic E-state index is 13.1. The maximum Gasteiger partial charge on any atom is 0.245 e. The zero-order valence-corrected chi connectivity index (χ0v) is 15.9. The van der Waals surface area contributed by atoms with Gasteiger partial charge in [0, 0.05) is 30.6 Å². The van der Waals surface area contributed by atoms with Crippen molar-refractivity contribution in [2.24, 2.45) is 5.11 Å². The highest BCUT2D eigenvalue weighted by atomic mass is 16.2. The van der Waals surface area contributed by atoms with Crippen molar-refractivity contribution >= 4 is 18.0 Å². The highest BCUT2D eigenvalue weighted by molar-refractivity contribution is 5.90. The Morgan fingerprint density at radius 3 is 2.79 bits per heavy atom. The maximum absolute atomic E-state index is 13.1. The number of amides is 2. The first-order chi connectivity index (χ1) is 13.6. The second-order valence-corrected chi connectivity index (χ2v) is 7.40. The summed E-state index contributed by atoms with van der Waals surface area (Å²) in [5.41, 5.74) is 9.95. The Kier molecular flexibility index (Phi) is 6.66. The van der Waals surface area contributed by atoms with Crippen LogP contribution >= 0.6 is 0 Å². The molecule has 1 aromatic rings. The van der Waals surface area contributed by atoms with Crippen LogP contribution in [0.5, 0.6) is 0 Å². The number of aryl methyl sites for hydroxylation is 1. The van der Waals surface area contributed by atoms with Crippen LogP contribution in [-0.2, 0) is 16.0 Å². The van der Waals surface area contributed by atoms with E-state index in [1.54, 1.807) is 9.80 Å². The van der Waals surface area contributed by atoms with Crippen LogP contribution < -0.4 is 0 Å². The summed E-state index contributed by atoms with van der Waals surface area (Å²) >= 11 is 0. The Morgan fingerprint density at radius 1 is 1.29 bits per heavy atom. The van der Waals surface area contributed by atoms with E-state index in [0.29, 0.717) is 25.8 Å². The Hall–Kier alpha value is -2.86. The van der Waals surface area contributed by atoms with Crippen molar-refractivity contribution in [3.05, 3.63) is 46.3 Å². The first kappa shape index (κ1) is 19.9. The van der Waals surface area contributed by atoms with E-state index >= 15 is 0 Å². The molecule has 2 saturated heterocycles. The second kappa shape index (κ2) is 9.37. The zero-order valence-electron chi connectivity index (χ0n) is 15.9. The predicted octanol–water partition coefficient (Wildman–Crippen LogP) is 2.93. The first-order valence-corrected chi connectivity index (χ1v) is 9.82. The largest absolute Gasteiger partial charge is 0.333 e. The molecule has 8 nitrogen and oxygen atoms in total. The van der Waals surface area contributed by atoms with Gasteiger partial charge in [0.25, 0.3) is 0 Å². The number of likely N-dealkylation sites (tertiary alicyclic amines) is 2. The normalized spacial score (nSPS) is 24.1. The molecule has 0 unspecified atom stereocenters. The smallest absolute Gasteiger partial charge is 0.245 e. The van der Waals surface area contributed by atoms with Gasteiger partial charge in [-0.3, -0.25) is 9.59 Å². The Balaban J connectivity index is 1.65. The van der Waals surface area contributed by atoms with Crippen molar-refractivity contribution in [3.63, 3.8) is 0 Å². The number of hydrogen-bond donors (Lipinski definition) is 1. The average Bonchev–Trinajstić information content (AvgIpc) is 3.35. The molecule has 148 valence electrons. The molecule has 2 aliphatic heterocycles. The van der Waals surface area contributed by atoms with Crippen LogP contribution in [0.1, 0.15) is 37.7 Å². The fourth-order valence-corrected chi connectivity index (χ4v) is 4.14. The van der Waals surface area contributed by atoms with Crippen LogP contribution in [-0.4, -0.2) is 59.0 Å². The molecule has 0 aliphatic carbocycles. The first-order valence-electron chi connectivity index (χ1n) is 9.82. The summed E-state index contributed by atoms with van der Waals surface area (Å²) < 4.78 is 0. The molecule has 3 atom stereocenters. The molecular formula is C20H26N6O2. The van der Waals surface area contributed by atoms with Gasteiger partial charge in [-0.2, -0.15) is 0 Å². The Morgan fingerprint density at radius 2 is 2.07 bits per heavy atom. The van der Waals surface area contributed by atoms with Gasteiger partial charge in [0.15, 0.2) is 0 Å². The van der Waals surface area contributed by atoms with Crippen molar-refractivity contribution < 1.29 is 9.59 Å². The minimum Gasteiger partial charge on any atom is -0.333 e. The molecule has 3 rings (SSSR count). The van der Waals surface area contributed by atoms with Crippen LogP contribution in [0.15, 0.2) is 35.4 Å². The zero-order chi connectivity index (χ0) is 19.9. The van der Waals surface area contributed by atoms with Gasteiger partial charge in [-0.05, 0) is 43.2 Å². The van der Waals surface area contributed by atoms with E-state index in [1.807, 2.05) is 30.3 Å². The third kappa shape index (κ3) is 4.51. The van der Waals surface area contributed by atoms with Crippen LogP contribution in [0.25, 0.3) is 10.4 Å². The number of carbonyl (C=O) groups excluding carboxylic acids is 2. The molecule has 8 heteroatoms. The molecule has 2 heterocycles. The Labute approximate surface area is 164 Å². The van der Waals surface area contributed by atoms with E-state index < -0.39 is 6.04 Å². The monoisotopic (exact) mass is 382 g/mol. The minimum absolute atomic E-state index is 0.0736. The van der Waals surface area contributed by atoms with Gasteiger partial charge < -0.3 is 15.2 Å². The number of hydrogen-bond acceptors (Lipinski definition) is 4. The molecular weight excluding hydrogens is 356 g/mol. The molecule has 2 fully saturated rings. The van der Waals surface area contributed by atoms with E-state index in [9.17, 15) is 9.59 Å². The highest BCUT2D eigenvalue weighted by Gasteiger charge is 2.42. The average molecular weight is 382 g/mol. The molecule has 1 N–H and O–H groups in total. The molecule has 0 saturated carbocycles. The van der Waals surface area contributed by atoms with E-state index in [4.69, 9.17) is 10.9 Å². The number of carbonyl (C=O) groups is 2. The summed E-state index contributed by atoms with van der Waals surface area (Å²) in [4.78, 5) is 32.1. The summed E-state index contributed by atoms with van der Waals surface area (Å²) in [6.07, 6.45) is 5.18. The molecule has 0 aromatic heterocycles. The minimum atomic E-state index is -0.597. The topological polar surface area (TPSA) is 113 Å². The van der Waals surface area contributed by atoms with Crippen LogP contribution in [0, 0.1) is 5.41 Å². The second-order valence-electron chi connectivity index (χ2n) is 7.40. The van der Waals surface area contributed by atoms with E-state index in [2.05, 4.69) is 10.0 Å². The van der Waals surface area contributed by atoms with E-state index in [-0.39, 0.29) is 30.4 Å². The summed E-state index contributed by atoms with van der Waals surface area (Å²) in [5.74, 6) is -0.200. The van der Waals surface area contributed by atoms with Crippen LogP contribution in [0.4, 0.5) is 0 Å². The summed E-state index contributed by atoms with van der Waals surface area (Å²) in [7, 11) is 0. The summed E-state index contributed by atoms with van der Waals surface area (Å²) in [6.45, 7) is 0.894. The third-order valence-electron chi connectivity index (χ3n) is 5.57. The van der Waals surface area contributed by atoms with Gasteiger partial charge in [-0.25, -0.2) is 0 Å². The fraction of sp³-hybridized carbons (Fsp3) is 0.550. The van der Waals surface area contributed by atoms with E-state index in [1.165, 1.54) is 11.8 Å². The Bertz CT molecular complexity index is 761. The lowest BCUT2D eigenvalue weighted by Crippen LogP contribution is -2.49. The predicted molar refractivity (Wildman–Crippen MR) is 106 cm³/mol. The van der Waals surface area contributed by atoms with E-state index in [0.717, 1.165) is 19.3 Å². The molecule has 2 aliphatic rings. The molecule has 2 amide bonds. The third-order valence-corrected chi connectivity index (χ3v) is 5.57. The van der Waals surface area contributed by atoms with Crippen molar-refractivity contribution in [1.29, 1.82) is 5.41 Å². The molecule has 28 heavy (non-hydrogen) atoms. The number of nitrogens with one attached hydrogen (secondary N) is 1. The van der Waals surface area contributed by atoms with Crippen molar-refractivity contribution in [2.75, 3.05) is 13.1 Å². The summed E-state index contributed by atoms with van der Waals surface area (Å²) in [6, 6.07) is 8.83. The van der Waals surface area contributed by atoms with Gasteiger partial charge in [0.05, 0.1) is 12.1 Å². The number of nitrogens with zero attached hydrogens (tertiary/aromatic N) is 5. The van der Waals surface area contributed by atoms with Gasteiger partial charge in [0.2, 0.25) is 11.8 Å². The number of azide groups is 1. The van der Waals surface area contributed by atoms with Crippen molar-refractivity contribution in [2.45, 2.75) is 56.7 Å². The van der Waals surface area contributed by atoms with Gasteiger partial charge in [-0.1, -0.05) is 35.4 Å². The quantitative estimate of drug-likeness (QED) is 0.338. The van der Waals surface area contributed by atoms with Gasteiger partial charge >= 0.3 is 0 Å². The number of benzene rings is 1. The lowest BCUT2D eigenvalue weighted by molar-refractivity contribution is -0.143. The molecule has 0 bridgehead atoms. The lowest BCUT2D eigenvalue weighted by Gasteiger charge is -2.30. The standard InChI is InChI=1S/C20H26N6O2/c21-13-17-9-5-11-25(17)20(28)18-12-16(23-24-22)14-26(18)19(27)10-4-8-15-6-2-1-3-7-15/h1-3,6-7,13,16-18,21H,4-5,8-12,14H2/t16-,17-,18-/m0/s1. The van der Waals surface area contributed by atoms with Crippen LogP contribution in [0.3, 0.4) is 0 Å². The summed E-state index contributed by atoms with van der Waals surface area (Å²) in [5, 5.41) is 11.3. The number of rotatable bonds is 7. The molecule has 1 aromatic carbocycles. The SMILES string of the molecule is [N-]=[N+]=N[C@H]1C[C@@H](C(=O)N2CCC[C@H]2C=N)N(C(=O)CCCc2ccccc2)C1.